The summed E-state index contributed by atoms with van der Waals surface area (Å²) in [6, 6.07) is 14.9. The van der Waals surface area contributed by atoms with Crippen molar-refractivity contribution >= 4 is 17.6 Å². The van der Waals surface area contributed by atoms with Gasteiger partial charge in [0.1, 0.15) is 5.82 Å². The minimum atomic E-state index is 0.404. The predicted octanol–water partition coefficient (Wildman–Crippen LogP) is 3.37. The molecule has 0 bridgehead atoms. The summed E-state index contributed by atoms with van der Waals surface area (Å²) in [6.07, 6.45) is 3.79. The van der Waals surface area contributed by atoms with Gasteiger partial charge in [0.25, 0.3) is 0 Å². The molecule has 0 amide bonds. The zero-order chi connectivity index (χ0) is 14.9. The molecule has 0 aliphatic carbocycles. The molecule has 21 heavy (non-hydrogen) atoms. The molecule has 2 aromatic rings. The molecule has 0 saturated carbocycles. The fourth-order valence-electron chi connectivity index (χ4n) is 2.14. The number of rotatable bonds is 8. The van der Waals surface area contributed by atoms with Gasteiger partial charge in [-0.25, -0.2) is 4.98 Å². The lowest BCUT2D eigenvalue weighted by atomic mass is 10.1. The van der Waals surface area contributed by atoms with Crippen molar-refractivity contribution < 1.29 is 0 Å². The van der Waals surface area contributed by atoms with Crippen molar-refractivity contribution in [3.63, 3.8) is 0 Å². The SMILES string of the molecule is CCCNC(CSc1ccccc1)Cc1cccnc1N. The normalized spacial score (nSPS) is 12.2. The molecule has 0 spiro atoms. The molecule has 1 unspecified atom stereocenters. The van der Waals surface area contributed by atoms with Gasteiger partial charge in [0.15, 0.2) is 0 Å². The first-order valence-corrected chi connectivity index (χ1v) is 8.38. The standard InChI is InChI=1S/C17H23N3S/c1-2-10-19-15(12-14-7-6-11-20-17(14)18)13-21-16-8-4-3-5-9-16/h3-9,11,15,19H,2,10,12-13H2,1H3,(H2,18,20). The van der Waals surface area contributed by atoms with Crippen LogP contribution in [-0.2, 0) is 6.42 Å². The van der Waals surface area contributed by atoms with E-state index in [9.17, 15) is 0 Å². The van der Waals surface area contributed by atoms with Crippen molar-refractivity contribution in [3.05, 3.63) is 54.2 Å². The molecule has 0 fully saturated rings. The lowest BCUT2D eigenvalue weighted by Crippen LogP contribution is -2.34. The van der Waals surface area contributed by atoms with Crippen molar-refractivity contribution in [2.24, 2.45) is 0 Å². The molecular formula is C17H23N3S. The van der Waals surface area contributed by atoms with Gasteiger partial charge in [0, 0.05) is 22.9 Å². The van der Waals surface area contributed by atoms with Crippen LogP contribution in [0.2, 0.25) is 0 Å². The Balaban J connectivity index is 1.96. The molecule has 0 aliphatic heterocycles. The van der Waals surface area contributed by atoms with Gasteiger partial charge in [-0.05, 0) is 43.1 Å². The molecule has 1 aromatic heterocycles. The number of nitrogens with zero attached hydrogens (tertiary/aromatic N) is 1. The van der Waals surface area contributed by atoms with Gasteiger partial charge in [-0.2, -0.15) is 0 Å². The molecule has 0 aliphatic rings. The number of pyridine rings is 1. The van der Waals surface area contributed by atoms with Gasteiger partial charge in [0.2, 0.25) is 0 Å². The number of nitrogens with two attached hydrogens (primary N) is 1. The van der Waals surface area contributed by atoms with Crippen LogP contribution in [0.3, 0.4) is 0 Å². The highest BCUT2D eigenvalue weighted by atomic mass is 32.2. The predicted molar refractivity (Wildman–Crippen MR) is 91.6 cm³/mol. The Kier molecular flexibility index (Phi) is 6.57. The summed E-state index contributed by atoms with van der Waals surface area (Å²) in [5.41, 5.74) is 7.08. The van der Waals surface area contributed by atoms with E-state index in [0.717, 1.165) is 30.7 Å². The number of hydrogen-bond acceptors (Lipinski definition) is 4. The first-order valence-electron chi connectivity index (χ1n) is 7.40. The van der Waals surface area contributed by atoms with Crippen LogP contribution in [0.5, 0.6) is 0 Å². The Bertz CT molecular complexity index is 531. The van der Waals surface area contributed by atoms with Crippen LogP contribution in [0, 0.1) is 0 Å². The summed E-state index contributed by atoms with van der Waals surface area (Å²) in [5, 5.41) is 3.61. The minimum absolute atomic E-state index is 0.404. The molecule has 0 saturated heterocycles. The molecule has 2 rings (SSSR count). The summed E-state index contributed by atoms with van der Waals surface area (Å²) in [7, 11) is 0. The van der Waals surface area contributed by atoms with Gasteiger partial charge < -0.3 is 11.1 Å². The van der Waals surface area contributed by atoms with Crippen LogP contribution in [0.4, 0.5) is 5.82 Å². The van der Waals surface area contributed by atoms with Crippen LogP contribution in [0.25, 0.3) is 0 Å². The Labute approximate surface area is 131 Å². The molecule has 1 heterocycles. The van der Waals surface area contributed by atoms with Crippen molar-refractivity contribution in [3.8, 4) is 0 Å². The van der Waals surface area contributed by atoms with Gasteiger partial charge in [0.05, 0.1) is 0 Å². The largest absolute Gasteiger partial charge is 0.383 e. The van der Waals surface area contributed by atoms with Gasteiger partial charge in [-0.1, -0.05) is 31.2 Å². The number of thioether (sulfide) groups is 1. The summed E-state index contributed by atoms with van der Waals surface area (Å²) in [5.74, 6) is 1.67. The van der Waals surface area contributed by atoms with E-state index < -0.39 is 0 Å². The third-order valence-electron chi connectivity index (χ3n) is 3.27. The fraction of sp³-hybridized carbons (Fsp3) is 0.353. The maximum atomic E-state index is 5.96. The molecule has 112 valence electrons. The monoisotopic (exact) mass is 301 g/mol. The van der Waals surface area contributed by atoms with Crippen LogP contribution < -0.4 is 11.1 Å². The summed E-state index contributed by atoms with van der Waals surface area (Å²) in [6.45, 7) is 3.22. The number of hydrogen-bond donors (Lipinski definition) is 2. The Morgan fingerprint density at radius 3 is 2.71 bits per heavy atom. The van der Waals surface area contributed by atoms with E-state index in [0.29, 0.717) is 11.9 Å². The maximum Gasteiger partial charge on any atom is 0.126 e. The van der Waals surface area contributed by atoms with Crippen molar-refractivity contribution in [1.29, 1.82) is 0 Å². The first kappa shape index (κ1) is 15.9. The Hall–Kier alpha value is -1.52. The molecule has 3 nitrogen and oxygen atoms in total. The second-order valence-corrected chi connectivity index (χ2v) is 6.12. The lowest BCUT2D eigenvalue weighted by Gasteiger charge is -2.19. The van der Waals surface area contributed by atoms with Crippen LogP contribution in [0.15, 0.2) is 53.6 Å². The van der Waals surface area contributed by atoms with E-state index in [1.165, 1.54) is 4.90 Å². The summed E-state index contributed by atoms with van der Waals surface area (Å²) < 4.78 is 0. The maximum absolute atomic E-state index is 5.96. The molecular weight excluding hydrogens is 278 g/mol. The number of aromatic nitrogens is 1. The third-order valence-corrected chi connectivity index (χ3v) is 4.44. The molecule has 4 heteroatoms. The van der Waals surface area contributed by atoms with Crippen LogP contribution >= 0.6 is 11.8 Å². The number of benzene rings is 1. The highest BCUT2D eigenvalue weighted by molar-refractivity contribution is 7.99. The van der Waals surface area contributed by atoms with Gasteiger partial charge in [-0.3, -0.25) is 0 Å². The van der Waals surface area contributed by atoms with Crippen LogP contribution in [0.1, 0.15) is 18.9 Å². The van der Waals surface area contributed by atoms with E-state index in [2.05, 4.69) is 47.6 Å². The second-order valence-electron chi connectivity index (χ2n) is 5.03. The number of anilines is 1. The smallest absolute Gasteiger partial charge is 0.126 e. The highest BCUT2D eigenvalue weighted by Crippen LogP contribution is 2.20. The van der Waals surface area contributed by atoms with E-state index in [-0.39, 0.29) is 0 Å². The molecule has 3 N–H and O–H groups in total. The molecule has 1 aromatic carbocycles. The Morgan fingerprint density at radius 1 is 1.19 bits per heavy atom. The van der Waals surface area contributed by atoms with Crippen molar-refractivity contribution in [2.45, 2.75) is 30.7 Å². The average Bonchev–Trinajstić information content (AvgIpc) is 2.53. The average molecular weight is 301 g/mol. The minimum Gasteiger partial charge on any atom is -0.383 e. The van der Waals surface area contributed by atoms with Crippen LogP contribution in [-0.4, -0.2) is 23.3 Å². The summed E-state index contributed by atoms with van der Waals surface area (Å²) in [4.78, 5) is 5.48. The Morgan fingerprint density at radius 2 is 2.00 bits per heavy atom. The van der Waals surface area contributed by atoms with E-state index in [4.69, 9.17) is 5.73 Å². The number of nitrogens with one attached hydrogen (secondary N) is 1. The zero-order valence-electron chi connectivity index (χ0n) is 12.5. The van der Waals surface area contributed by atoms with Gasteiger partial charge in [-0.15, -0.1) is 11.8 Å². The quantitative estimate of drug-likeness (QED) is 0.734. The van der Waals surface area contributed by atoms with E-state index >= 15 is 0 Å². The van der Waals surface area contributed by atoms with Crippen molar-refractivity contribution in [2.75, 3.05) is 18.0 Å². The zero-order valence-corrected chi connectivity index (χ0v) is 13.3. The first-order chi connectivity index (χ1) is 10.3. The summed E-state index contributed by atoms with van der Waals surface area (Å²) >= 11 is 1.88. The van der Waals surface area contributed by atoms with Gasteiger partial charge >= 0.3 is 0 Å². The second kappa shape index (κ2) is 8.70. The van der Waals surface area contributed by atoms with E-state index in [1.807, 2.05) is 23.9 Å². The fourth-order valence-corrected chi connectivity index (χ4v) is 3.12. The molecule has 1 atom stereocenters. The number of nitrogen functional groups attached to an aromatic ring is 1. The topological polar surface area (TPSA) is 50.9 Å². The lowest BCUT2D eigenvalue weighted by molar-refractivity contribution is 0.550. The van der Waals surface area contributed by atoms with Crippen molar-refractivity contribution in [1.82, 2.24) is 10.3 Å². The third kappa shape index (κ3) is 5.40. The highest BCUT2D eigenvalue weighted by Gasteiger charge is 2.11. The van der Waals surface area contributed by atoms with E-state index in [1.54, 1.807) is 6.20 Å². The molecule has 0 radical (unpaired) electrons.